The highest BCUT2D eigenvalue weighted by Gasteiger charge is 2.28. The van der Waals surface area contributed by atoms with Gasteiger partial charge in [0.1, 0.15) is 16.8 Å². The van der Waals surface area contributed by atoms with E-state index in [2.05, 4.69) is 10.0 Å². The van der Waals surface area contributed by atoms with Gasteiger partial charge in [-0.25, -0.2) is 12.8 Å². The molecule has 3 aromatic carbocycles. The van der Waals surface area contributed by atoms with E-state index in [1.807, 2.05) is 32.0 Å². The summed E-state index contributed by atoms with van der Waals surface area (Å²) in [5, 5.41) is 2.80. The zero-order valence-electron chi connectivity index (χ0n) is 16.7. The number of anilines is 1. The third-order valence-electron chi connectivity index (χ3n) is 4.89. The summed E-state index contributed by atoms with van der Waals surface area (Å²) in [6.07, 6.45) is 0.116. The lowest BCUT2D eigenvalue weighted by atomic mass is 10.0. The molecular weight excluding hydrogens is 403 g/mol. The van der Waals surface area contributed by atoms with Gasteiger partial charge >= 0.3 is 0 Å². The molecule has 3 aromatic rings. The molecule has 156 valence electrons. The highest BCUT2D eigenvalue weighted by molar-refractivity contribution is 7.89. The number of hydrogen-bond donors (Lipinski definition) is 2. The topological polar surface area (TPSA) is 75.3 Å². The Morgan fingerprint density at radius 1 is 0.933 bits per heavy atom. The Labute approximate surface area is 176 Å². The van der Waals surface area contributed by atoms with Crippen LogP contribution in [0.25, 0.3) is 0 Å². The Morgan fingerprint density at radius 3 is 2.30 bits per heavy atom. The zero-order chi connectivity index (χ0) is 21.7. The van der Waals surface area contributed by atoms with E-state index in [1.165, 1.54) is 18.2 Å². The van der Waals surface area contributed by atoms with Crippen molar-refractivity contribution >= 4 is 21.6 Å². The van der Waals surface area contributed by atoms with Crippen molar-refractivity contribution in [1.29, 1.82) is 0 Å². The first-order valence-electron chi connectivity index (χ1n) is 9.46. The van der Waals surface area contributed by atoms with E-state index in [9.17, 15) is 17.6 Å². The molecule has 0 spiro atoms. The molecular formula is C23H23FN2O3S. The minimum atomic E-state index is -4.25. The number of nitrogens with one attached hydrogen (secondary N) is 2. The van der Waals surface area contributed by atoms with Gasteiger partial charge in [0.05, 0.1) is 0 Å². The third kappa shape index (κ3) is 5.11. The highest BCUT2D eigenvalue weighted by Crippen LogP contribution is 2.20. The predicted molar refractivity (Wildman–Crippen MR) is 115 cm³/mol. The van der Waals surface area contributed by atoms with Crippen molar-refractivity contribution in [3.8, 4) is 0 Å². The first-order valence-corrected chi connectivity index (χ1v) is 10.9. The third-order valence-corrected chi connectivity index (χ3v) is 6.39. The number of halogens is 1. The average molecular weight is 427 g/mol. The van der Waals surface area contributed by atoms with E-state index in [-0.39, 0.29) is 6.42 Å². The SMILES string of the molecule is Cc1cccc(NC(=O)C(Cc2ccccc2)NS(=O)(=O)c2ccccc2F)c1C. The van der Waals surface area contributed by atoms with Crippen LogP contribution in [0.4, 0.5) is 10.1 Å². The van der Waals surface area contributed by atoms with Gasteiger partial charge in [0.15, 0.2) is 0 Å². The fourth-order valence-electron chi connectivity index (χ4n) is 3.06. The number of hydrogen-bond acceptors (Lipinski definition) is 3. The Hall–Kier alpha value is -3.03. The molecule has 0 saturated carbocycles. The Bertz CT molecular complexity index is 1150. The summed E-state index contributed by atoms with van der Waals surface area (Å²) in [7, 11) is -4.25. The van der Waals surface area contributed by atoms with Crippen LogP contribution in [0, 0.1) is 19.7 Å². The number of amides is 1. The maximum Gasteiger partial charge on any atom is 0.244 e. The number of carbonyl (C=O) groups is 1. The summed E-state index contributed by atoms with van der Waals surface area (Å²) >= 11 is 0. The smallest absolute Gasteiger partial charge is 0.244 e. The van der Waals surface area contributed by atoms with Crippen molar-refractivity contribution in [2.24, 2.45) is 0 Å². The largest absolute Gasteiger partial charge is 0.324 e. The summed E-state index contributed by atoms with van der Waals surface area (Å²) in [6.45, 7) is 3.80. The van der Waals surface area contributed by atoms with Crippen LogP contribution in [-0.4, -0.2) is 20.4 Å². The molecule has 30 heavy (non-hydrogen) atoms. The van der Waals surface area contributed by atoms with Crippen molar-refractivity contribution in [2.45, 2.75) is 31.2 Å². The monoisotopic (exact) mass is 426 g/mol. The van der Waals surface area contributed by atoms with Crippen molar-refractivity contribution in [3.63, 3.8) is 0 Å². The summed E-state index contributed by atoms with van der Waals surface area (Å²) in [5.74, 6) is -1.40. The molecule has 2 N–H and O–H groups in total. The lowest BCUT2D eigenvalue weighted by molar-refractivity contribution is -0.117. The summed E-state index contributed by atoms with van der Waals surface area (Å²) < 4.78 is 42.1. The lowest BCUT2D eigenvalue weighted by Gasteiger charge is -2.20. The minimum Gasteiger partial charge on any atom is -0.324 e. The Kier molecular flexibility index (Phi) is 6.64. The van der Waals surface area contributed by atoms with Crippen LogP contribution in [-0.2, 0) is 21.2 Å². The number of benzene rings is 3. The molecule has 0 fully saturated rings. The van der Waals surface area contributed by atoms with E-state index in [4.69, 9.17) is 0 Å². The number of aryl methyl sites for hydroxylation is 1. The Morgan fingerprint density at radius 2 is 1.60 bits per heavy atom. The Balaban J connectivity index is 1.91. The van der Waals surface area contributed by atoms with Crippen LogP contribution in [0.2, 0.25) is 0 Å². The molecule has 0 aliphatic heterocycles. The van der Waals surface area contributed by atoms with E-state index in [0.29, 0.717) is 5.69 Å². The normalized spacial score (nSPS) is 12.4. The maximum absolute atomic E-state index is 14.1. The second-order valence-electron chi connectivity index (χ2n) is 7.03. The number of carbonyl (C=O) groups excluding carboxylic acids is 1. The fourth-order valence-corrected chi connectivity index (χ4v) is 4.33. The number of rotatable bonds is 7. The quantitative estimate of drug-likeness (QED) is 0.600. The van der Waals surface area contributed by atoms with Gasteiger partial charge in [0.2, 0.25) is 15.9 Å². The van der Waals surface area contributed by atoms with Gasteiger partial charge in [-0.15, -0.1) is 0 Å². The van der Waals surface area contributed by atoms with Crippen LogP contribution >= 0.6 is 0 Å². The molecule has 1 amide bonds. The van der Waals surface area contributed by atoms with Gasteiger partial charge in [-0.05, 0) is 55.2 Å². The lowest BCUT2D eigenvalue weighted by Crippen LogP contribution is -2.45. The van der Waals surface area contributed by atoms with Crippen molar-refractivity contribution in [2.75, 3.05) is 5.32 Å². The second-order valence-corrected chi connectivity index (χ2v) is 8.71. The molecule has 0 saturated heterocycles. The molecule has 1 atom stereocenters. The molecule has 5 nitrogen and oxygen atoms in total. The molecule has 3 rings (SSSR count). The van der Waals surface area contributed by atoms with Gasteiger partial charge in [0.25, 0.3) is 0 Å². The molecule has 0 radical (unpaired) electrons. The van der Waals surface area contributed by atoms with E-state index >= 15 is 0 Å². The van der Waals surface area contributed by atoms with Gasteiger partial charge in [0, 0.05) is 5.69 Å². The van der Waals surface area contributed by atoms with E-state index in [1.54, 1.807) is 30.3 Å². The molecule has 0 heterocycles. The van der Waals surface area contributed by atoms with Gasteiger partial charge in [-0.3, -0.25) is 4.79 Å². The molecule has 0 aliphatic rings. The van der Waals surface area contributed by atoms with Crippen LogP contribution in [0.5, 0.6) is 0 Å². The van der Waals surface area contributed by atoms with Crippen molar-refractivity contribution in [3.05, 3.63) is 95.3 Å². The molecule has 0 aromatic heterocycles. The summed E-state index contributed by atoms with van der Waals surface area (Å²) in [5.41, 5.74) is 3.26. The van der Waals surface area contributed by atoms with Crippen LogP contribution in [0.15, 0.2) is 77.7 Å². The van der Waals surface area contributed by atoms with Crippen LogP contribution in [0.1, 0.15) is 16.7 Å². The first kappa shape index (κ1) is 21.7. The molecule has 1 unspecified atom stereocenters. The summed E-state index contributed by atoms with van der Waals surface area (Å²) in [6, 6.07) is 18.5. The minimum absolute atomic E-state index is 0.116. The molecule has 7 heteroatoms. The van der Waals surface area contributed by atoms with Gasteiger partial charge in [-0.2, -0.15) is 4.72 Å². The maximum atomic E-state index is 14.1. The fraction of sp³-hybridized carbons (Fsp3) is 0.174. The van der Waals surface area contributed by atoms with Gasteiger partial charge in [-0.1, -0.05) is 54.6 Å². The standard InChI is InChI=1S/C23H23FN2O3S/c1-16-9-8-13-20(17(16)2)25-23(27)21(15-18-10-4-3-5-11-18)26-30(28,29)22-14-7-6-12-19(22)24/h3-14,21,26H,15H2,1-2H3,(H,25,27). The first-order chi connectivity index (χ1) is 14.3. The predicted octanol–water partition coefficient (Wildman–Crippen LogP) is 3.97. The average Bonchev–Trinajstić information content (AvgIpc) is 2.71. The molecule has 0 aliphatic carbocycles. The second kappa shape index (κ2) is 9.19. The van der Waals surface area contributed by atoms with Gasteiger partial charge < -0.3 is 5.32 Å². The van der Waals surface area contributed by atoms with Crippen molar-refractivity contribution < 1.29 is 17.6 Å². The summed E-state index contributed by atoms with van der Waals surface area (Å²) in [4.78, 5) is 12.5. The highest BCUT2D eigenvalue weighted by atomic mass is 32.2. The van der Waals surface area contributed by atoms with E-state index in [0.717, 1.165) is 22.8 Å². The number of sulfonamides is 1. The van der Waals surface area contributed by atoms with E-state index < -0.39 is 32.7 Å². The van der Waals surface area contributed by atoms with Crippen LogP contribution < -0.4 is 10.0 Å². The molecule has 0 bridgehead atoms. The van der Waals surface area contributed by atoms with Crippen molar-refractivity contribution in [1.82, 2.24) is 4.72 Å². The zero-order valence-corrected chi connectivity index (χ0v) is 17.5. The van der Waals surface area contributed by atoms with Crippen LogP contribution in [0.3, 0.4) is 0 Å².